The molecule has 4 rings (SSSR count). The maximum Gasteiger partial charge on any atom is 0.243 e. The van der Waals surface area contributed by atoms with Crippen LogP contribution in [-0.2, 0) is 16.4 Å². The van der Waals surface area contributed by atoms with Gasteiger partial charge in [-0.15, -0.1) is 0 Å². The molecule has 0 atom stereocenters. The second kappa shape index (κ2) is 9.13. The van der Waals surface area contributed by atoms with Gasteiger partial charge in [0.15, 0.2) is 0 Å². The maximum atomic E-state index is 14.3. The van der Waals surface area contributed by atoms with Gasteiger partial charge in [-0.1, -0.05) is 29.8 Å². The third-order valence-electron chi connectivity index (χ3n) is 5.62. The van der Waals surface area contributed by atoms with E-state index in [9.17, 15) is 12.8 Å². The Kier molecular flexibility index (Phi) is 6.46. The zero-order valence-corrected chi connectivity index (χ0v) is 19.5. The second-order valence-electron chi connectivity index (χ2n) is 7.77. The normalized spacial score (nSPS) is 15.2. The summed E-state index contributed by atoms with van der Waals surface area (Å²) in [6.07, 6.45) is 0.372. The first-order valence-corrected chi connectivity index (χ1v) is 12.2. The molecule has 0 spiro atoms. The molecule has 1 saturated heterocycles. The molecule has 0 bridgehead atoms. The van der Waals surface area contributed by atoms with Crippen LogP contribution < -0.4 is 4.90 Å². The number of rotatable bonds is 5. The number of sulfonamides is 1. The molecule has 3 aromatic rings. The van der Waals surface area contributed by atoms with E-state index in [-0.39, 0.29) is 10.7 Å². The molecule has 0 amide bonds. The Hall–Kier alpha value is -2.55. The van der Waals surface area contributed by atoms with Crippen LogP contribution in [0.1, 0.15) is 22.6 Å². The number of aromatic nitrogens is 2. The van der Waals surface area contributed by atoms with Gasteiger partial charge in [0.05, 0.1) is 4.90 Å². The summed E-state index contributed by atoms with van der Waals surface area (Å²) in [5.41, 5.74) is 2.23. The van der Waals surface area contributed by atoms with E-state index < -0.39 is 10.0 Å². The van der Waals surface area contributed by atoms with Crippen molar-refractivity contribution in [2.24, 2.45) is 0 Å². The number of nitrogens with zero attached hydrogens (tertiary/aromatic N) is 4. The van der Waals surface area contributed by atoms with Crippen LogP contribution in [0.25, 0.3) is 0 Å². The monoisotopic (exact) mass is 474 g/mol. The first-order valence-electron chi connectivity index (χ1n) is 10.3. The Morgan fingerprint density at radius 1 is 0.969 bits per heavy atom. The van der Waals surface area contributed by atoms with E-state index in [1.807, 2.05) is 19.9 Å². The van der Waals surface area contributed by atoms with Crippen LogP contribution >= 0.6 is 11.6 Å². The Morgan fingerprint density at radius 2 is 1.62 bits per heavy atom. The van der Waals surface area contributed by atoms with E-state index in [1.165, 1.54) is 22.5 Å². The molecule has 0 radical (unpaired) electrons. The third kappa shape index (κ3) is 4.62. The van der Waals surface area contributed by atoms with E-state index in [1.54, 1.807) is 24.3 Å². The van der Waals surface area contributed by atoms with Crippen molar-refractivity contribution in [1.29, 1.82) is 0 Å². The molecule has 0 aliphatic carbocycles. The van der Waals surface area contributed by atoms with Crippen LogP contribution in [0.5, 0.6) is 0 Å². The molecule has 1 aromatic heterocycles. The second-order valence-corrected chi connectivity index (χ2v) is 10.1. The van der Waals surface area contributed by atoms with Crippen LogP contribution in [0, 0.1) is 19.7 Å². The fourth-order valence-electron chi connectivity index (χ4n) is 3.91. The fourth-order valence-corrected chi connectivity index (χ4v) is 5.46. The molecule has 1 aliphatic heterocycles. The van der Waals surface area contributed by atoms with Gasteiger partial charge in [0, 0.05) is 48.9 Å². The highest BCUT2D eigenvalue weighted by molar-refractivity contribution is 7.89. The smallest absolute Gasteiger partial charge is 0.243 e. The molecule has 1 fully saturated rings. The highest BCUT2D eigenvalue weighted by atomic mass is 35.5. The predicted molar refractivity (Wildman–Crippen MR) is 123 cm³/mol. The highest BCUT2D eigenvalue weighted by Crippen LogP contribution is 2.27. The van der Waals surface area contributed by atoms with Crippen LogP contribution in [-0.4, -0.2) is 48.9 Å². The van der Waals surface area contributed by atoms with Crippen LogP contribution in [0.15, 0.2) is 53.4 Å². The van der Waals surface area contributed by atoms with E-state index >= 15 is 0 Å². The zero-order valence-electron chi connectivity index (χ0n) is 17.9. The lowest BCUT2D eigenvalue weighted by atomic mass is 10.0. The number of hydrogen-bond donors (Lipinski definition) is 0. The summed E-state index contributed by atoms with van der Waals surface area (Å²) in [7, 11) is -3.60. The average molecular weight is 475 g/mol. The average Bonchev–Trinajstić information content (AvgIpc) is 2.77. The molecule has 9 heteroatoms. The molecule has 0 N–H and O–H groups in total. The van der Waals surface area contributed by atoms with Gasteiger partial charge >= 0.3 is 0 Å². The molecule has 0 saturated carbocycles. The summed E-state index contributed by atoms with van der Waals surface area (Å²) in [5, 5.41) is 0.491. The first kappa shape index (κ1) is 22.6. The van der Waals surface area contributed by atoms with E-state index in [2.05, 4.69) is 14.9 Å². The molecule has 168 valence electrons. The SMILES string of the molecule is Cc1nc(C)c(Cc2ccccc2F)c(N2CCN(S(=O)(=O)c3ccc(Cl)cc3)CC2)n1. The summed E-state index contributed by atoms with van der Waals surface area (Å²) in [6.45, 7) is 5.33. The van der Waals surface area contributed by atoms with Crippen molar-refractivity contribution in [2.75, 3.05) is 31.1 Å². The minimum Gasteiger partial charge on any atom is -0.354 e. The number of hydrogen-bond acceptors (Lipinski definition) is 5. The van der Waals surface area contributed by atoms with Gasteiger partial charge < -0.3 is 4.90 Å². The van der Waals surface area contributed by atoms with Gasteiger partial charge in [0.2, 0.25) is 10.0 Å². The van der Waals surface area contributed by atoms with Crippen LogP contribution in [0.2, 0.25) is 5.02 Å². The van der Waals surface area contributed by atoms with Crippen molar-refractivity contribution in [1.82, 2.24) is 14.3 Å². The summed E-state index contributed by atoms with van der Waals surface area (Å²) in [6, 6.07) is 12.9. The van der Waals surface area contributed by atoms with Crippen molar-refractivity contribution >= 4 is 27.4 Å². The Labute approximate surface area is 192 Å². The van der Waals surface area contributed by atoms with E-state index in [0.29, 0.717) is 49.0 Å². The number of aryl methyl sites for hydroxylation is 2. The number of halogens is 2. The van der Waals surface area contributed by atoms with Gasteiger partial charge in [0.25, 0.3) is 0 Å². The third-order valence-corrected chi connectivity index (χ3v) is 7.78. The molecule has 2 aromatic carbocycles. The molecule has 32 heavy (non-hydrogen) atoms. The summed E-state index contributed by atoms with van der Waals surface area (Å²) in [5.74, 6) is 1.10. The van der Waals surface area contributed by atoms with Crippen molar-refractivity contribution < 1.29 is 12.8 Å². The lowest BCUT2D eigenvalue weighted by Gasteiger charge is -2.36. The van der Waals surface area contributed by atoms with Crippen molar-refractivity contribution in [2.45, 2.75) is 25.2 Å². The quantitative estimate of drug-likeness (QED) is 0.559. The minimum absolute atomic E-state index is 0.226. The predicted octanol–water partition coefficient (Wildman–Crippen LogP) is 3.99. The summed E-state index contributed by atoms with van der Waals surface area (Å²) in [4.78, 5) is 11.4. The lowest BCUT2D eigenvalue weighted by molar-refractivity contribution is 0.383. The van der Waals surface area contributed by atoms with Crippen LogP contribution in [0.4, 0.5) is 10.2 Å². The Morgan fingerprint density at radius 3 is 2.28 bits per heavy atom. The lowest BCUT2D eigenvalue weighted by Crippen LogP contribution is -2.49. The van der Waals surface area contributed by atoms with Crippen molar-refractivity contribution in [3.63, 3.8) is 0 Å². The fraction of sp³-hybridized carbons (Fsp3) is 0.304. The molecular formula is C23H24ClFN4O2S. The highest BCUT2D eigenvalue weighted by Gasteiger charge is 2.30. The molecule has 6 nitrogen and oxygen atoms in total. The number of benzene rings is 2. The van der Waals surface area contributed by atoms with Crippen molar-refractivity contribution in [3.05, 3.63) is 82.0 Å². The molecule has 0 unspecified atom stereocenters. The van der Waals surface area contributed by atoms with Gasteiger partial charge in [-0.2, -0.15) is 4.31 Å². The molecule has 2 heterocycles. The summed E-state index contributed by atoms with van der Waals surface area (Å²) >= 11 is 5.89. The van der Waals surface area contributed by atoms with Crippen LogP contribution in [0.3, 0.4) is 0 Å². The first-order chi connectivity index (χ1) is 15.3. The number of anilines is 1. The molecule has 1 aliphatic rings. The summed E-state index contributed by atoms with van der Waals surface area (Å²) < 4.78 is 41.8. The minimum atomic E-state index is -3.60. The van der Waals surface area contributed by atoms with Gasteiger partial charge in [-0.25, -0.2) is 22.8 Å². The number of piperazine rings is 1. The standard InChI is InChI=1S/C23H24ClFN4O2S/c1-16-21(15-18-5-3-4-6-22(18)25)23(27-17(2)26-16)28-11-13-29(14-12-28)32(30,31)20-9-7-19(24)8-10-20/h3-10H,11-15H2,1-2H3. The topological polar surface area (TPSA) is 66.4 Å². The van der Waals surface area contributed by atoms with E-state index in [0.717, 1.165) is 17.1 Å². The Bertz CT molecular complexity index is 1230. The van der Waals surface area contributed by atoms with Gasteiger partial charge in [-0.3, -0.25) is 0 Å². The van der Waals surface area contributed by atoms with Gasteiger partial charge in [-0.05, 0) is 49.7 Å². The zero-order chi connectivity index (χ0) is 22.9. The van der Waals surface area contributed by atoms with E-state index in [4.69, 9.17) is 11.6 Å². The molecular weight excluding hydrogens is 451 g/mol. The largest absolute Gasteiger partial charge is 0.354 e. The van der Waals surface area contributed by atoms with Crippen molar-refractivity contribution in [3.8, 4) is 0 Å². The maximum absolute atomic E-state index is 14.3. The van der Waals surface area contributed by atoms with Gasteiger partial charge in [0.1, 0.15) is 17.5 Å². The Balaban J connectivity index is 1.57.